The molecule has 33 heavy (non-hydrogen) atoms. The van der Waals surface area contributed by atoms with Gasteiger partial charge in [0.15, 0.2) is 5.11 Å². The van der Waals surface area contributed by atoms with Crippen LogP contribution in [0.4, 0.5) is 10.1 Å². The van der Waals surface area contributed by atoms with Gasteiger partial charge in [-0.2, -0.15) is 0 Å². The lowest BCUT2D eigenvalue weighted by molar-refractivity contribution is 0.439. The van der Waals surface area contributed by atoms with E-state index in [2.05, 4.69) is 53.3 Å². The zero-order chi connectivity index (χ0) is 22.9. The monoisotopic (exact) mass is 457 g/mol. The average Bonchev–Trinajstić information content (AvgIpc) is 3.45. The Kier molecular flexibility index (Phi) is 5.68. The third-order valence-electron chi connectivity index (χ3n) is 5.98. The minimum absolute atomic E-state index is 0.185. The maximum absolute atomic E-state index is 13.4. The normalized spacial score (nSPS) is 18.1. The Morgan fingerprint density at radius 1 is 0.970 bits per heavy atom. The molecule has 2 atom stereocenters. The summed E-state index contributed by atoms with van der Waals surface area (Å²) in [5.74, 6) is 1.60. The number of hydrogen-bond acceptors (Lipinski definition) is 3. The highest BCUT2D eigenvalue weighted by Gasteiger charge is 2.42. The molecule has 2 aromatic carbocycles. The fourth-order valence-electron chi connectivity index (χ4n) is 4.22. The molecule has 1 fully saturated rings. The van der Waals surface area contributed by atoms with E-state index in [1.807, 2.05) is 30.3 Å². The van der Waals surface area contributed by atoms with Crippen molar-refractivity contribution in [3.63, 3.8) is 0 Å². The van der Waals surface area contributed by atoms with E-state index in [0.717, 1.165) is 22.7 Å². The highest BCUT2D eigenvalue weighted by molar-refractivity contribution is 7.80. The second-order valence-corrected chi connectivity index (χ2v) is 8.84. The van der Waals surface area contributed by atoms with Gasteiger partial charge in [-0.25, -0.2) is 4.39 Å². The van der Waals surface area contributed by atoms with Gasteiger partial charge in [0.2, 0.25) is 0 Å². The van der Waals surface area contributed by atoms with Gasteiger partial charge >= 0.3 is 0 Å². The summed E-state index contributed by atoms with van der Waals surface area (Å²) in [5.41, 5.74) is 3.95. The van der Waals surface area contributed by atoms with Crippen LogP contribution in [0.25, 0.3) is 11.3 Å². The van der Waals surface area contributed by atoms with Gasteiger partial charge in [0.25, 0.3) is 0 Å². The Morgan fingerprint density at radius 3 is 2.39 bits per heavy atom. The molecule has 2 aromatic heterocycles. The highest BCUT2D eigenvalue weighted by atomic mass is 32.1. The summed E-state index contributed by atoms with van der Waals surface area (Å²) in [6, 6.07) is 24.1. The van der Waals surface area contributed by atoms with E-state index in [1.165, 1.54) is 17.7 Å². The first-order valence-corrected chi connectivity index (χ1v) is 11.4. The molecule has 4 nitrogen and oxygen atoms in total. The van der Waals surface area contributed by atoms with Crippen molar-refractivity contribution in [1.29, 1.82) is 0 Å². The molecule has 5 rings (SSSR count). The van der Waals surface area contributed by atoms with Crippen LogP contribution in [0.2, 0.25) is 0 Å². The van der Waals surface area contributed by atoms with Crippen LogP contribution < -0.4 is 10.2 Å². The van der Waals surface area contributed by atoms with Crippen LogP contribution in [0, 0.1) is 5.82 Å². The van der Waals surface area contributed by atoms with Crippen molar-refractivity contribution in [2.45, 2.75) is 31.8 Å². The molecule has 0 spiro atoms. The van der Waals surface area contributed by atoms with Crippen LogP contribution in [0.15, 0.2) is 89.5 Å². The lowest BCUT2D eigenvalue weighted by Gasteiger charge is -2.26. The van der Waals surface area contributed by atoms with E-state index in [1.54, 1.807) is 18.3 Å². The van der Waals surface area contributed by atoms with Crippen LogP contribution in [-0.2, 0) is 0 Å². The number of furan rings is 1. The van der Waals surface area contributed by atoms with Crippen LogP contribution >= 0.6 is 12.2 Å². The number of pyridine rings is 1. The van der Waals surface area contributed by atoms with E-state index in [-0.39, 0.29) is 17.9 Å². The summed E-state index contributed by atoms with van der Waals surface area (Å²) in [6.07, 6.45) is 1.78. The lowest BCUT2D eigenvalue weighted by Crippen LogP contribution is -2.29. The minimum atomic E-state index is -0.276. The van der Waals surface area contributed by atoms with E-state index < -0.39 is 0 Å². The second kappa shape index (κ2) is 8.79. The number of rotatable bonds is 5. The SMILES string of the molecule is CC(C)c1ccc(N2C(=S)N[C@H](c3ccccn3)[C@H]2c2ccc(-c3ccc(F)cc3)o2)cc1. The van der Waals surface area contributed by atoms with Crippen molar-refractivity contribution >= 4 is 23.0 Å². The molecule has 0 bridgehead atoms. The van der Waals surface area contributed by atoms with E-state index in [9.17, 15) is 4.39 Å². The number of benzene rings is 2. The summed E-state index contributed by atoms with van der Waals surface area (Å²) in [6.45, 7) is 4.35. The Bertz CT molecular complexity index is 1250. The Labute approximate surface area is 198 Å². The molecule has 3 heterocycles. The van der Waals surface area contributed by atoms with Crippen molar-refractivity contribution in [2.24, 2.45) is 0 Å². The summed E-state index contributed by atoms with van der Waals surface area (Å²) >= 11 is 5.78. The van der Waals surface area contributed by atoms with Crippen molar-refractivity contribution in [3.8, 4) is 11.3 Å². The van der Waals surface area contributed by atoms with E-state index in [0.29, 0.717) is 16.8 Å². The molecular formula is C27H24FN3OS. The van der Waals surface area contributed by atoms with Gasteiger partial charge in [-0.3, -0.25) is 4.98 Å². The summed E-state index contributed by atoms with van der Waals surface area (Å²) in [4.78, 5) is 6.67. The quantitative estimate of drug-likeness (QED) is 0.335. The number of nitrogens with one attached hydrogen (secondary N) is 1. The average molecular weight is 458 g/mol. The molecule has 4 aromatic rings. The molecule has 1 saturated heterocycles. The third kappa shape index (κ3) is 4.14. The molecular weight excluding hydrogens is 433 g/mol. The van der Waals surface area contributed by atoms with Crippen molar-refractivity contribution < 1.29 is 8.81 Å². The first-order valence-electron chi connectivity index (χ1n) is 11.0. The molecule has 0 unspecified atom stereocenters. The predicted octanol–water partition coefficient (Wildman–Crippen LogP) is 6.78. The maximum Gasteiger partial charge on any atom is 0.174 e. The molecule has 0 aliphatic carbocycles. The van der Waals surface area contributed by atoms with Gasteiger partial charge < -0.3 is 14.6 Å². The molecule has 1 N–H and O–H groups in total. The lowest BCUT2D eigenvalue weighted by atomic mass is 10.0. The largest absolute Gasteiger partial charge is 0.459 e. The fraction of sp³-hybridized carbons (Fsp3) is 0.185. The van der Waals surface area contributed by atoms with Crippen LogP contribution in [-0.4, -0.2) is 10.1 Å². The van der Waals surface area contributed by atoms with Crippen LogP contribution in [0.5, 0.6) is 0 Å². The standard InChI is InChI=1S/C27H24FN3OS/c1-17(2)18-8-12-21(13-9-18)31-26(25(30-27(31)33)22-5-3-4-16-29-22)24-15-14-23(32-24)19-6-10-20(28)11-7-19/h3-17,25-26H,1-2H3,(H,30,33)/t25-,26-/m1/s1. The summed E-state index contributed by atoms with van der Waals surface area (Å²) < 4.78 is 19.7. The first kappa shape index (κ1) is 21.3. The van der Waals surface area contributed by atoms with Gasteiger partial charge in [-0.05, 0) is 84.4 Å². The number of hydrogen-bond donors (Lipinski definition) is 1. The Balaban J connectivity index is 1.57. The molecule has 1 aliphatic rings. The molecule has 1 aliphatic heterocycles. The van der Waals surface area contributed by atoms with Gasteiger partial charge in [0, 0.05) is 17.4 Å². The molecule has 0 saturated carbocycles. The van der Waals surface area contributed by atoms with E-state index in [4.69, 9.17) is 16.6 Å². The zero-order valence-electron chi connectivity index (χ0n) is 18.4. The van der Waals surface area contributed by atoms with Gasteiger partial charge in [0.1, 0.15) is 23.4 Å². The summed E-state index contributed by atoms with van der Waals surface area (Å²) in [5, 5.41) is 4.06. The van der Waals surface area contributed by atoms with Crippen LogP contribution in [0.3, 0.4) is 0 Å². The van der Waals surface area contributed by atoms with Gasteiger partial charge in [0.05, 0.1) is 11.7 Å². The molecule has 6 heteroatoms. The number of halogens is 1. The molecule has 166 valence electrons. The molecule has 0 radical (unpaired) electrons. The van der Waals surface area contributed by atoms with Gasteiger partial charge in [-0.1, -0.05) is 32.0 Å². The third-order valence-corrected chi connectivity index (χ3v) is 6.30. The number of aromatic nitrogens is 1. The number of thiocarbonyl (C=S) groups is 1. The van der Waals surface area contributed by atoms with Crippen molar-refractivity contribution in [2.75, 3.05) is 4.90 Å². The topological polar surface area (TPSA) is 41.3 Å². The smallest absolute Gasteiger partial charge is 0.174 e. The predicted molar refractivity (Wildman–Crippen MR) is 133 cm³/mol. The summed E-state index contributed by atoms with van der Waals surface area (Å²) in [7, 11) is 0. The van der Waals surface area contributed by atoms with Gasteiger partial charge in [-0.15, -0.1) is 0 Å². The second-order valence-electron chi connectivity index (χ2n) is 8.45. The van der Waals surface area contributed by atoms with E-state index >= 15 is 0 Å². The zero-order valence-corrected chi connectivity index (χ0v) is 19.2. The van der Waals surface area contributed by atoms with Crippen molar-refractivity contribution in [3.05, 3.63) is 108 Å². The number of anilines is 1. The highest BCUT2D eigenvalue weighted by Crippen LogP contribution is 2.43. The maximum atomic E-state index is 13.4. The van der Waals surface area contributed by atoms with Crippen LogP contribution in [0.1, 0.15) is 48.9 Å². The Morgan fingerprint density at radius 2 is 1.73 bits per heavy atom. The first-order chi connectivity index (χ1) is 16.0. The van der Waals surface area contributed by atoms with Crippen molar-refractivity contribution in [1.82, 2.24) is 10.3 Å². The minimum Gasteiger partial charge on any atom is -0.459 e. The number of nitrogens with zero attached hydrogens (tertiary/aromatic N) is 2. The fourth-order valence-corrected chi connectivity index (χ4v) is 4.57. The Hall–Kier alpha value is -3.51. The molecule has 0 amide bonds.